The van der Waals surface area contributed by atoms with E-state index in [0.717, 1.165) is 25.8 Å². The third-order valence-electron chi connectivity index (χ3n) is 3.78. The van der Waals surface area contributed by atoms with Crippen LogP contribution in [0.25, 0.3) is 0 Å². The lowest BCUT2D eigenvalue weighted by Gasteiger charge is -2.41. The topological polar surface area (TPSA) is 78.4 Å². The molecule has 7 heteroatoms. The van der Waals surface area contributed by atoms with Gasteiger partial charge in [-0.05, 0) is 26.2 Å². The van der Waals surface area contributed by atoms with Crippen LogP contribution in [-0.2, 0) is 0 Å². The van der Waals surface area contributed by atoms with Crippen LogP contribution in [0.1, 0.15) is 32.0 Å². The fraction of sp³-hybridized carbons (Fsp3) is 0.750. The molecule has 0 bridgehead atoms. The number of carbonyl (C=O) groups is 1. The van der Waals surface area contributed by atoms with Crippen molar-refractivity contribution in [3.63, 3.8) is 0 Å². The molecule has 0 saturated carbocycles. The van der Waals surface area contributed by atoms with Gasteiger partial charge < -0.3 is 10.0 Å². The summed E-state index contributed by atoms with van der Waals surface area (Å²) < 4.78 is 4.03. The van der Waals surface area contributed by atoms with Gasteiger partial charge in [0.25, 0.3) is 0 Å². The quantitative estimate of drug-likeness (QED) is 0.888. The summed E-state index contributed by atoms with van der Waals surface area (Å²) in [5.74, 6) is 0.664. The van der Waals surface area contributed by atoms with Crippen LogP contribution < -0.4 is 5.32 Å². The summed E-state index contributed by atoms with van der Waals surface area (Å²) in [6.07, 6.45) is 2.78. The number of nitrogens with zero attached hydrogens (tertiary/aromatic N) is 3. The third kappa shape index (κ3) is 3.22. The smallest absolute Gasteiger partial charge is 0.323 e. The molecule has 0 radical (unpaired) electrons. The first-order chi connectivity index (χ1) is 9.08. The minimum absolute atomic E-state index is 0.130. The van der Waals surface area contributed by atoms with Crippen LogP contribution in [0.5, 0.6) is 0 Å². The first-order valence-electron chi connectivity index (χ1n) is 6.56. The highest BCUT2D eigenvalue weighted by atomic mass is 32.1. The van der Waals surface area contributed by atoms with Gasteiger partial charge in [-0.1, -0.05) is 6.92 Å². The van der Waals surface area contributed by atoms with Crippen molar-refractivity contribution in [2.24, 2.45) is 5.41 Å². The molecule has 2 heterocycles. The number of hydrogen-bond acceptors (Lipinski definition) is 5. The van der Waals surface area contributed by atoms with Crippen molar-refractivity contribution >= 4 is 22.7 Å². The molecule has 1 aromatic heterocycles. The van der Waals surface area contributed by atoms with Gasteiger partial charge in [0.05, 0.1) is 6.61 Å². The number of piperidine rings is 1. The molecule has 6 nitrogen and oxygen atoms in total. The van der Waals surface area contributed by atoms with Gasteiger partial charge in [0.2, 0.25) is 5.13 Å². The van der Waals surface area contributed by atoms with Crippen LogP contribution in [0.15, 0.2) is 0 Å². The molecule has 106 valence electrons. The molecule has 1 aromatic rings. The molecule has 1 aliphatic heterocycles. The average Bonchev–Trinajstić information content (AvgIpc) is 2.84. The van der Waals surface area contributed by atoms with Crippen molar-refractivity contribution < 1.29 is 9.90 Å². The second-order valence-corrected chi connectivity index (χ2v) is 5.87. The van der Waals surface area contributed by atoms with E-state index in [9.17, 15) is 9.90 Å². The zero-order valence-electron chi connectivity index (χ0n) is 11.3. The number of aliphatic hydroxyl groups is 1. The van der Waals surface area contributed by atoms with Crippen molar-refractivity contribution in [3.05, 3.63) is 5.82 Å². The Morgan fingerprint density at radius 1 is 1.63 bits per heavy atom. The number of aryl methyl sites for hydroxylation is 1. The predicted octanol–water partition coefficient (Wildman–Crippen LogP) is 1.86. The summed E-state index contributed by atoms with van der Waals surface area (Å²) in [6.45, 7) is 5.31. The number of anilines is 1. The highest BCUT2D eigenvalue weighted by Crippen LogP contribution is 2.33. The normalized spacial score (nSPS) is 23.4. The Balaban J connectivity index is 1.99. The second kappa shape index (κ2) is 5.83. The molecule has 1 atom stereocenters. The number of urea groups is 1. The monoisotopic (exact) mass is 284 g/mol. The molecule has 1 aliphatic rings. The van der Waals surface area contributed by atoms with Crippen LogP contribution in [0.2, 0.25) is 0 Å². The van der Waals surface area contributed by atoms with E-state index in [0.29, 0.717) is 17.5 Å². The van der Waals surface area contributed by atoms with Gasteiger partial charge in [-0.15, -0.1) is 0 Å². The van der Waals surface area contributed by atoms with E-state index < -0.39 is 0 Å². The number of hydrogen-bond donors (Lipinski definition) is 2. The highest BCUT2D eigenvalue weighted by molar-refractivity contribution is 7.09. The van der Waals surface area contributed by atoms with Crippen LogP contribution in [0, 0.1) is 12.3 Å². The Morgan fingerprint density at radius 2 is 2.42 bits per heavy atom. The Labute approximate surface area is 117 Å². The molecule has 1 fully saturated rings. The number of rotatable bonds is 3. The molecule has 0 aromatic carbocycles. The van der Waals surface area contributed by atoms with E-state index in [2.05, 4.69) is 21.6 Å². The first kappa shape index (κ1) is 14.2. The molecule has 2 amide bonds. The summed E-state index contributed by atoms with van der Waals surface area (Å²) >= 11 is 1.18. The van der Waals surface area contributed by atoms with Gasteiger partial charge in [-0.2, -0.15) is 4.37 Å². The summed E-state index contributed by atoms with van der Waals surface area (Å²) in [5.41, 5.74) is -0.146. The number of amides is 2. The molecule has 1 saturated heterocycles. The molecule has 0 spiro atoms. The van der Waals surface area contributed by atoms with Gasteiger partial charge in [-0.25, -0.2) is 9.78 Å². The SMILES string of the molecule is CC[C@]1(CO)CCCN(C(=O)Nc2nc(C)ns2)C1. The van der Waals surface area contributed by atoms with Crippen LogP contribution in [0.4, 0.5) is 9.93 Å². The minimum Gasteiger partial charge on any atom is -0.396 e. The molecular formula is C12H20N4O2S. The molecule has 2 rings (SSSR count). The Bertz CT molecular complexity index is 445. The maximum atomic E-state index is 12.2. The van der Waals surface area contributed by atoms with Crippen LogP contribution in [-0.4, -0.2) is 45.1 Å². The van der Waals surface area contributed by atoms with Crippen molar-refractivity contribution in [3.8, 4) is 0 Å². The van der Waals surface area contributed by atoms with Crippen LogP contribution >= 0.6 is 11.5 Å². The molecular weight excluding hydrogens is 264 g/mol. The summed E-state index contributed by atoms with van der Waals surface area (Å²) in [5, 5.41) is 12.9. The van der Waals surface area contributed by atoms with Crippen molar-refractivity contribution in [2.45, 2.75) is 33.1 Å². The highest BCUT2D eigenvalue weighted by Gasteiger charge is 2.35. The van der Waals surface area contributed by atoms with E-state index in [-0.39, 0.29) is 18.1 Å². The van der Waals surface area contributed by atoms with E-state index in [1.54, 1.807) is 11.8 Å². The Morgan fingerprint density at radius 3 is 3.00 bits per heavy atom. The lowest BCUT2D eigenvalue weighted by Crippen LogP contribution is -2.49. The lowest BCUT2D eigenvalue weighted by molar-refractivity contribution is 0.0468. The number of aliphatic hydroxyl groups excluding tert-OH is 1. The maximum absolute atomic E-state index is 12.2. The van der Waals surface area contributed by atoms with Gasteiger partial charge in [-0.3, -0.25) is 5.32 Å². The maximum Gasteiger partial charge on any atom is 0.323 e. The van der Waals surface area contributed by atoms with E-state index >= 15 is 0 Å². The summed E-state index contributed by atoms with van der Waals surface area (Å²) in [7, 11) is 0. The van der Waals surface area contributed by atoms with Crippen LogP contribution in [0.3, 0.4) is 0 Å². The van der Waals surface area contributed by atoms with Gasteiger partial charge in [0.15, 0.2) is 0 Å². The molecule has 2 N–H and O–H groups in total. The Hall–Kier alpha value is -1.21. The fourth-order valence-corrected chi connectivity index (χ4v) is 2.99. The number of carbonyl (C=O) groups excluding carboxylic acids is 1. The van der Waals surface area contributed by atoms with Gasteiger partial charge in [0.1, 0.15) is 5.82 Å². The zero-order valence-corrected chi connectivity index (χ0v) is 12.2. The lowest BCUT2D eigenvalue weighted by atomic mass is 9.78. The third-order valence-corrected chi connectivity index (χ3v) is 4.50. The minimum atomic E-state index is -0.151. The zero-order chi connectivity index (χ0) is 13.9. The fourth-order valence-electron chi connectivity index (χ4n) is 2.43. The Kier molecular flexibility index (Phi) is 4.36. The van der Waals surface area contributed by atoms with Crippen molar-refractivity contribution in [2.75, 3.05) is 25.0 Å². The molecule has 0 aliphatic carbocycles. The first-order valence-corrected chi connectivity index (χ1v) is 7.33. The average molecular weight is 284 g/mol. The summed E-state index contributed by atoms with van der Waals surface area (Å²) in [4.78, 5) is 18.1. The van der Waals surface area contributed by atoms with E-state index in [1.807, 2.05) is 0 Å². The van der Waals surface area contributed by atoms with Crippen molar-refractivity contribution in [1.82, 2.24) is 14.3 Å². The number of likely N-dealkylation sites (tertiary alicyclic amines) is 1. The van der Waals surface area contributed by atoms with Gasteiger partial charge >= 0.3 is 6.03 Å². The number of nitrogens with one attached hydrogen (secondary N) is 1. The molecule has 19 heavy (non-hydrogen) atoms. The number of aromatic nitrogens is 2. The van der Waals surface area contributed by atoms with E-state index in [1.165, 1.54) is 11.5 Å². The standard InChI is InChI=1S/C12H20N4O2S/c1-3-12(8-17)5-4-6-16(7-12)11(18)14-10-13-9(2)15-19-10/h17H,3-8H2,1-2H3,(H,13,14,15,18)/t12-/m0/s1. The second-order valence-electron chi connectivity index (χ2n) is 5.11. The van der Waals surface area contributed by atoms with Crippen molar-refractivity contribution in [1.29, 1.82) is 0 Å². The summed E-state index contributed by atoms with van der Waals surface area (Å²) in [6, 6.07) is -0.151. The predicted molar refractivity (Wildman–Crippen MR) is 74.3 cm³/mol. The van der Waals surface area contributed by atoms with E-state index in [4.69, 9.17) is 0 Å². The largest absolute Gasteiger partial charge is 0.396 e. The van der Waals surface area contributed by atoms with Gasteiger partial charge in [0, 0.05) is 30.0 Å². The molecule has 0 unspecified atom stereocenters.